The van der Waals surface area contributed by atoms with Crippen molar-refractivity contribution >= 4 is 34.9 Å². The maximum absolute atomic E-state index is 13.6. The number of nitrogens with zero attached hydrogens (tertiary/aromatic N) is 3. The summed E-state index contributed by atoms with van der Waals surface area (Å²) in [4.78, 5) is 13.0. The molecule has 0 bridgehead atoms. The minimum absolute atomic E-state index is 0.139. The van der Waals surface area contributed by atoms with E-state index in [1.165, 1.54) is 6.07 Å². The molecule has 5 nitrogen and oxygen atoms in total. The molecule has 0 atom stereocenters. The van der Waals surface area contributed by atoms with Gasteiger partial charge < -0.3 is 15.4 Å². The van der Waals surface area contributed by atoms with Crippen LogP contribution in [0.25, 0.3) is 11.4 Å². The molecule has 0 spiro atoms. The molecule has 1 aromatic heterocycles. The highest BCUT2D eigenvalue weighted by Gasteiger charge is 2.47. The van der Waals surface area contributed by atoms with Crippen LogP contribution < -0.4 is 10.6 Å². The molecule has 0 radical (unpaired) electrons. The fourth-order valence-electron chi connectivity index (χ4n) is 3.67. The van der Waals surface area contributed by atoms with Crippen LogP contribution in [0.15, 0.2) is 53.4 Å². The van der Waals surface area contributed by atoms with Gasteiger partial charge in [0.05, 0.1) is 28.7 Å². The van der Waals surface area contributed by atoms with Crippen LogP contribution in [0.1, 0.15) is 18.5 Å². The summed E-state index contributed by atoms with van der Waals surface area (Å²) < 4.78 is 19.0. The Bertz CT molecular complexity index is 1100. The Labute approximate surface area is 189 Å². The molecular formula is C23H22ClFN4OS. The second kappa shape index (κ2) is 8.30. The smallest absolute Gasteiger partial charge is 0.161 e. The van der Waals surface area contributed by atoms with Crippen LogP contribution in [0.2, 0.25) is 5.02 Å². The number of thioether (sulfide) groups is 1. The summed E-state index contributed by atoms with van der Waals surface area (Å²) in [7, 11) is 0. The predicted octanol–water partition coefficient (Wildman–Crippen LogP) is 5.14. The van der Waals surface area contributed by atoms with Gasteiger partial charge in [-0.3, -0.25) is 0 Å². The lowest BCUT2D eigenvalue weighted by Crippen LogP contribution is -2.37. The first-order valence-electron chi connectivity index (χ1n) is 10.2. The molecular weight excluding hydrogens is 435 g/mol. The Hall–Kier alpha value is -2.35. The molecule has 2 heterocycles. The topological polar surface area (TPSA) is 64.3 Å². The van der Waals surface area contributed by atoms with Crippen molar-refractivity contribution in [2.45, 2.75) is 22.5 Å². The van der Waals surface area contributed by atoms with Gasteiger partial charge in [-0.05, 0) is 55.3 Å². The van der Waals surface area contributed by atoms with Crippen LogP contribution in [-0.4, -0.2) is 36.3 Å². The summed E-state index contributed by atoms with van der Waals surface area (Å²) >= 11 is 7.70. The van der Waals surface area contributed by atoms with E-state index >= 15 is 0 Å². The zero-order chi connectivity index (χ0) is 21.4. The van der Waals surface area contributed by atoms with Gasteiger partial charge in [0.25, 0.3) is 0 Å². The molecule has 3 aromatic rings. The van der Waals surface area contributed by atoms with E-state index in [-0.39, 0.29) is 9.77 Å². The standard InChI is InChI=1S/C23H22ClFN4OS/c24-18-13-17(5-6-19(18)25)31-23(7-8-23)20-14-21(29-9-11-30-12-10-29)28-22(27-20)15-1-3-16(26)4-2-15/h1-6,13-14H,7-12,26H2. The van der Waals surface area contributed by atoms with Crippen molar-refractivity contribution in [3.63, 3.8) is 0 Å². The minimum Gasteiger partial charge on any atom is -0.399 e. The van der Waals surface area contributed by atoms with Gasteiger partial charge >= 0.3 is 0 Å². The number of benzene rings is 2. The van der Waals surface area contributed by atoms with E-state index in [1.807, 2.05) is 24.3 Å². The highest BCUT2D eigenvalue weighted by atomic mass is 35.5. The van der Waals surface area contributed by atoms with Gasteiger partial charge in [-0.1, -0.05) is 11.6 Å². The number of morpholine rings is 1. The number of aromatic nitrogens is 2. The van der Waals surface area contributed by atoms with E-state index in [9.17, 15) is 4.39 Å². The molecule has 5 rings (SSSR count). The van der Waals surface area contributed by atoms with Crippen molar-refractivity contribution in [1.29, 1.82) is 0 Å². The molecule has 8 heteroatoms. The van der Waals surface area contributed by atoms with Crippen molar-refractivity contribution in [1.82, 2.24) is 9.97 Å². The number of halogens is 2. The summed E-state index contributed by atoms with van der Waals surface area (Å²) in [5.74, 6) is 1.19. The lowest BCUT2D eigenvalue weighted by Gasteiger charge is -2.29. The van der Waals surface area contributed by atoms with E-state index in [1.54, 1.807) is 23.9 Å². The summed E-state index contributed by atoms with van der Waals surface area (Å²) in [6.45, 7) is 2.96. The second-order valence-electron chi connectivity index (χ2n) is 7.83. The SMILES string of the molecule is Nc1ccc(-c2nc(N3CCOCC3)cc(C3(Sc4ccc(F)c(Cl)c4)CC3)n2)cc1. The van der Waals surface area contributed by atoms with E-state index < -0.39 is 5.82 Å². The molecule has 1 saturated carbocycles. The molecule has 2 fully saturated rings. The van der Waals surface area contributed by atoms with Gasteiger partial charge in [0.15, 0.2) is 5.82 Å². The molecule has 2 aromatic carbocycles. The normalized spacial score (nSPS) is 17.5. The molecule has 2 N–H and O–H groups in total. The summed E-state index contributed by atoms with van der Waals surface area (Å²) in [5, 5.41) is 0.139. The van der Waals surface area contributed by atoms with Crippen molar-refractivity contribution < 1.29 is 9.13 Å². The molecule has 1 aliphatic heterocycles. The zero-order valence-corrected chi connectivity index (χ0v) is 18.4. The predicted molar refractivity (Wildman–Crippen MR) is 123 cm³/mol. The quantitative estimate of drug-likeness (QED) is 0.536. The lowest BCUT2D eigenvalue weighted by molar-refractivity contribution is 0.122. The first-order valence-corrected chi connectivity index (χ1v) is 11.4. The molecule has 1 saturated heterocycles. The number of nitrogen functional groups attached to an aromatic ring is 1. The van der Waals surface area contributed by atoms with E-state index in [0.717, 1.165) is 47.9 Å². The fourth-order valence-corrected chi connectivity index (χ4v) is 5.20. The molecule has 160 valence electrons. The van der Waals surface area contributed by atoms with Gasteiger partial charge in [-0.25, -0.2) is 14.4 Å². The first-order chi connectivity index (χ1) is 15.0. The Morgan fingerprint density at radius 1 is 1.03 bits per heavy atom. The number of hydrogen-bond acceptors (Lipinski definition) is 6. The zero-order valence-electron chi connectivity index (χ0n) is 16.9. The van der Waals surface area contributed by atoms with E-state index in [0.29, 0.717) is 24.7 Å². The third kappa shape index (κ3) is 4.35. The Balaban J connectivity index is 1.54. The van der Waals surface area contributed by atoms with E-state index in [4.69, 9.17) is 32.0 Å². The number of ether oxygens (including phenoxy) is 1. The average molecular weight is 457 g/mol. The van der Waals surface area contributed by atoms with Crippen molar-refractivity contribution in [2.75, 3.05) is 36.9 Å². The number of hydrogen-bond donors (Lipinski definition) is 1. The van der Waals surface area contributed by atoms with Crippen molar-refractivity contribution in [3.8, 4) is 11.4 Å². The van der Waals surface area contributed by atoms with Gasteiger partial charge in [0.2, 0.25) is 0 Å². The maximum atomic E-state index is 13.6. The Kier molecular flexibility index (Phi) is 5.50. The molecule has 0 amide bonds. The summed E-state index contributed by atoms with van der Waals surface area (Å²) in [6.07, 6.45) is 1.99. The van der Waals surface area contributed by atoms with Crippen LogP contribution in [-0.2, 0) is 9.48 Å². The molecule has 1 aliphatic carbocycles. The third-order valence-corrected chi connectivity index (χ3v) is 7.38. The number of nitrogens with two attached hydrogens (primary N) is 1. The second-order valence-corrected chi connectivity index (χ2v) is 9.69. The summed E-state index contributed by atoms with van der Waals surface area (Å²) in [6, 6.07) is 14.6. The minimum atomic E-state index is -0.404. The van der Waals surface area contributed by atoms with Gasteiger partial charge in [-0.2, -0.15) is 0 Å². The van der Waals surface area contributed by atoms with Crippen LogP contribution in [0, 0.1) is 5.82 Å². The highest BCUT2D eigenvalue weighted by molar-refractivity contribution is 8.00. The number of rotatable bonds is 5. The van der Waals surface area contributed by atoms with Crippen molar-refractivity contribution in [3.05, 3.63) is 65.1 Å². The van der Waals surface area contributed by atoms with Crippen LogP contribution in [0.4, 0.5) is 15.9 Å². The maximum Gasteiger partial charge on any atom is 0.161 e. The molecule has 31 heavy (non-hydrogen) atoms. The van der Waals surface area contributed by atoms with Crippen LogP contribution in [0.5, 0.6) is 0 Å². The van der Waals surface area contributed by atoms with E-state index in [2.05, 4.69) is 11.0 Å². The van der Waals surface area contributed by atoms with Crippen LogP contribution in [0.3, 0.4) is 0 Å². The molecule has 0 unspecified atom stereocenters. The van der Waals surface area contributed by atoms with Crippen LogP contribution >= 0.6 is 23.4 Å². The van der Waals surface area contributed by atoms with Gasteiger partial charge in [0, 0.05) is 35.3 Å². The molecule has 2 aliphatic rings. The third-order valence-electron chi connectivity index (χ3n) is 5.59. The highest BCUT2D eigenvalue weighted by Crippen LogP contribution is 2.59. The summed E-state index contributed by atoms with van der Waals surface area (Å²) in [5.41, 5.74) is 8.48. The Morgan fingerprint density at radius 3 is 2.45 bits per heavy atom. The van der Waals surface area contributed by atoms with Gasteiger partial charge in [0.1, 0.15) is 11.6 Å². The van der Waals surface area contributed by atoms with Crippen molar-refractivity contribution in [2.24, 2.45) is 0 Å². The monoisotopic (exact) mass is 456 g/mol. The van der Waals surface area contributed by atoms with Gasteiger partial charge in [-0.15, -0.1) is 11.8 Å². The largest absolute Gasteiger partial charge is 0.399 e. The first kappa shape index (κ1) is 20.5. The Morgan fingerprint density at radius 2 is 1.77 bits per heavy atom. The lowest BCUT2D eigenvalue weighted by atomic mass is 10.1. The number of anilines is 2. The average Bonchev–Trinajstić information content (AvgIpc) is 3.58. The fraction of sp³-hybridized carbons (Fsp3) is 0.304.